The summed E-state index contributed by atoms with van der Waals surface area (Å²) < 4.78 is 35.5. The lowest BCUT2D eigenvalue weighted by atomic mass is 10.1. The second-order valence-electron chi connectivity index (χ2n) is 3.96. The number of nitrogens with zero attached hydrogens (tertiary/aromatic N) is 1. The van der Waals surface area contributed by atoms with Gasteiger partial charge >= 0.3 is 6.18 Å². The molecule has 17 heavy (non-hydrogen) atoms. The van der Waals surface area contributed by atoms with E-state index in [9.17, 15) is 22.8 Å². The van der Waals surface area contributed by atoms with Crippen molar-refractivity contribution >= 4 is 11.8 Å². The van der Waals surface area contributed by atoms with Gasteiger partial charge in [-0.2, -0.15) is 13.2 Å². The fourth-order valence-corrected chi connectivity index (χ4v) is 1.52. The lowest BCUT2D eigenvalue weighted by molar-refractivity contribution is -0.143. The summed E-state index contributed by atoms with van der Waals surface area (Å²) in [7, 11) is 0. The van der Waals surface area contributed by atoms with Crippen molar-refractivity contribution in [3.05, 3.63) is 0 Å². The summed E-state index contributed by atoms with van der Waals surface area (Å²) in [6.45, 7) is -1.55. The van der Waals surface area contributed by atoms with Crippen molar-refractivity contribution in [1.29, 1.82) is 0 Å². The first-order valence-corrected chi connectivity index (χ1v) is 5.15. The first kappa shape index (κ1) is 13.8. The molecule has 0 radical (unpaired) electrons. The summed E-state index contributed by atoms with van der Waals surface area (Å²) in [6, 6.07) is -0.219. The van der Waals surface area contributed by atoms with Crippen molar-refractivity contribution < 1.29 is 22.8 Å². The lowest BCUT2D eigenvalue weighted by Gasteiger charge is -2.30. The van der Waals surface area contributed by atoms with Gasteiger partial charge in [-0.1, -0.05) is 0 Å². The lowest BCUT2D eigenvalue weighted by Crippen LogP contribution is -2.50. The highest BCUT2D eigenvalue weighted by molar-refractivity contribution is 5.85. The molecule has 3 N–H and O–H groups in total. The topological polar surface area (TPSA) is 75.4 Å². The molecule has 0 spiro atoms. The number of piperidine rings is 1. The van der Waals surface area contributed by atoms with Crippen LogP contribution in [0.25, 0.3) is 0 Å². The second-order valence-corrected chi connectivity index (χ2v) is 3.96. The van der Waals surface area contributed by atoms with Crippen molar-refractivity contribution in [3.8, 4) is 0 Å². The number of hydrogen-bond acceptors (Lipinski definition) is 3. The number of amides is 2. The maximum absolute atomic E-state index is 11.8. The number of likely N-dealkylation sites (tertiary alicyclic amines) is 1. The van der Waals surface area contributed by atoms with Gasteiger partial charge in [0.1, 0.15) is 6.54 Å². The van der Waals surface area contributed by atoms with Gasteiger partial charge in [0.05, 0.1) is 6.54 Å². The van der Waals surface area contributed by atoms with Crippen LogP contribution in [0.2, 0.25) is 0 Å². The molecule has 0 bridgehead atoms. The van der Waals surface area contributed by atoms with Gasteiger partial charge in [-0.3, -0.25) is 9.59 Å². The van der Waals surface area contributed by atoms with E-state index >= 15 is 0 Å². The van der Waals surface area contributed by atoms with E-state index in [1.54, 1.807) is 5.32 Å². The standard InChI is InChI=1S/C9H14F3N3O2/c10-9(11,12)5-14-7(16)4-15-3-6(13)1-2-8(15)17/h6H,1-5,13H2,(H,14,16). The quantitative estimate of drug-likeness (QED) is 0.719. The number of carbonyl (C=O) groups is 2. The van der Waals surface area contributed by atoms with E-state index in [2.05, 4.69) is 0 Å². The molecule has 1 fully saturated rings. The molecule has 1 atom stereocenters. The molecule has 1 heterocycles. The predicted molar refractivity (Wildman–Crippen MR) is 52.9 cm³/mol. The molecule has 0 aliphatic carbocycles. The summed E-state index contributed by atoms with van der Waals surface area (Å²) in [5, 5.41) is 1.71. The highest BCUT2D eigenvalue weighted by atomic mass is 19.4. The van der Waals surface area contributed by atoms with E-state index in [0.29, 0.717) is 6.42 Å². The zero-order valence-corrected chi connectivity index (χ0v) is 9.09. The van der Waals surface area contributed by atoms with E-state index in [1.165, 1.54) is 4.90 Å². The molecule has 1 unspecified atom stereocenters. The maximum Gasteiger partial charge on any atom is 0.405 e. The molecule has 5 nitrogen and oxygen atoms in total. The fourth-order valence-electron chi connectivity index (χ4n) is 1.52. The van der Waals surface area contributed by atoms with Crippen molar-refractivity contribution in [3.63, 3.8) is 0 Å². The largest absolute Gasteiger partial charge is 0.405 e. The molecule has 2 amide bonds. The molecule has 1 aliphatic rings. The third kappa shape index (κ3) is 5.03. The summed E-state index contributed by atoms with van der Waals surface area (Å²) in [6.07, 6.45) is -3.68. The number of nitrogens with two attached hydrogens (primary N) is 1. The Kier molecular flexibility index (Phi) is 4.33. The molecule has 1 saturated heterocycles. The van der Waals surface area contributed by atoms with Crippen molar-refractivity contribution in [2.24, 2.45) is 5.73 Å². The number of alkyl halides is 3. The van der Waals surface area contributed by atoms with Crippen LogP contribution in [-0.4, -0.2) is 48.6 Å². The van der Waals surface area contributed by atoms with Gasteiger partial charge in [0.2, 0.25) is 11.8 Å². The molecule has 98 valence electrons. The molecule has 1 aliphatic heterocycles. The Bertz CT molecular complexity index is 306. The zero-order chi connectivity index (χ0) is 13.1. The van der Waals surface area contributed by atoms with Crippen molar-refractivity contribution in [1.82, 2.24) is 10.2 Å². The molecule has 1 rings (SSSR count). The summed E-state index contributed by atoms with van der Waals surface area (Å²) >= 11 is 0. The van der Waals surface area contributed by atoms with Gasteiger partial charge in [0.15, 0.2) is 0 Å². The number of hydrogen-bond donors (Lipinski definition) is 2. The minimum Gasteiger partial charge on any atom is -0.345 e. The summed E-state index contributed by atoms with van der Waals surface area (Å²) in [5.74, 6) is -1.08. The third-order valence-electron chi connectivity index (χ3n) is 2.36. The van der Waals surface area contributed by atoms with Gasteiger partial charge in [0.25, 0.3) is 0 Å². The molecule has 0 aromatic heterocycles. The van der Waals surface area contributed by atoms with Gasteiger partial charge in [0, 0.05) is 19.0 Å². The van der Waals surface area contributed by atoms with Crippen LogP contribution < -0.4 is 11.1 Å². The molecule has 0 aromatic carbocycles. The molecule has 8 heteroatoms. The van der Waals surface area contributed by atoms with Gasteiger partial charge in [-0.15, -0.1) is 0 Å². The smallest absolute Gasteiger partial charge is 0.345 e. The van der Waals surface area contributed by atoms with Gasteiger partial charge in [-0.25, -0.2) is 0 Å². The Hall–Kier alpha value is -1.31. The van der Waals surface area contributed by atoms with Crippen molar-refractivity contribution in [2.45, 2.75) is 25.1 Å². The highest BCUT2D eigenvalue weighted by Gasteiger charge is 2.29. The van der Waals surface area contributed by atoms with E-state index < -0.39 is 18.6 Å². The Morgan fingerprint density at radius 3 is 2.76 bits per heavy atom. The van der Waals surface area contributed by atoms with Gasteiger partial charge < -0.3 is 16.0 Å². The van der Waals surface area contributed by atoms with Crippen LogP contribution in [0.5, 0.6) is 0 Å². The van der Waals surface area contributed by atoms with Gasteiger partial charge in [-0.05, 0) is 6.42 Å². The summed E-state index contributed by atoms with van der Waals surface area (Å²) in [5.41, 5.74) is 5.60. The molecule has 0 aromatic rings. The number of halogens is 3. The van der Waals surface area contributed by atoms with Crippen LogP contribution in [0.4, 0.5) is 13.2 Å². The van der Waals surface area contributed by atoms with Crippen molar-refractivity contribution in [2.75, 3.05) is 19.6 Å². The minimum atomic E-state index is -4.45. The highest BCUT2D eigenvalue weighted by Crippen LogP contribution is 2.12. The number of nitrogens with one attached hydrogen (secondary N) is 1. The van der Waals surface area contributed by atoms with E-state index in [1.807, 2.05) is 0 Å². The van der Waals surface area contributed by atoms with E-state index in [-0.39, 0.29) is 31.5 Å². The first-order valence-electron chi connectivity index (χ1n) is 5.15. The van der Waals surface area contributed by atoms with Crippen LogP contribution >= 0.6 is 0 Å². The average Bonchev–Trinajstić information content (AvgIpc) is 2.20. The Labute approximate surface area is 96.1 Å². The number of rotatable bonds is 3. The first-order chi connectivity index (χ1) is 7.78. The summed E-state index contributed by atoms with van der Waals surface area (Å²) in [4.78, 5) is 23.7. The monoisotopic (exact) mass is 253 g/mol. The zero-order valence-electron chi connectivity index (χ0n) is 9.09. The molecular weight excluding hydrogens is 239 g/mol. The molecule has 0 saturated carbocycles. The maximum atomic E-state index is 11.8. The van der Waals surface area contributed by atoms with Crippen LogP contribution in [-0.2, 0) is 9.59 Å². The Morgan fingerprint density at radius 1 is 1.53 bits per heavy atom. The second kappa shape index (κ2) is 5.35. The number of carbonyl (C=O) groups excluding carboxylic acids is 2. The fraction of sp³-hybridized carbons (Fsp3) is 0.778. The van der Waals surface area contributed by atoms with E-state index in [0.717, 1.165) is 0 Å². The SMILES string of the molecule is NC1CCC(=O)N(CC(=O)NCC(F)(F)F)C1. The van der Waals surface area contributed by atoms with Crippen LogP contribution in [0.15, 0.2) is 0 Å². The normalized spacial score (nSPS) is 21.5. The Morgan fingerprint density at radius 2 is 2.18 bits per heavy atom. The van der Waals surface area contributed by atoms with Crippen LogP contribution in [0.1, 0.15) is 12.8 Å². The van der Waals surface area contributed by atoms with Crippen LogP contribution in [0, 0.1) is 0 Å². The minimum absolute atomic E-state index is 0.207. The third-order valence-corrected chi connectivity index (χ3v) is 2.36. The Balaban J connectivity index is 2.37. The average molecular weight is 253 g/mol. The van der Waals surface area contributed by atoms with E-state index in [4.69, 9.17) is 5.73 Å². The predicted octanol–water partition coefficient (Wildman–Crippen LogP) is -0.385. The van der Waals surface area contributed by atoms with Crippen LogP contribution in [0.3, 0.4) is 0 Å². The molecular formula is C9H14F3N3O2.